The molecule has 0 spiro atoms. The van der Waals surface area contributed by atoms with E-state index in [9.17, 15) is 0 Å². The molecule has 1 aliphatic rings. The Morgan fingerprint density at radius 2 is 1.32 bits per heavy atom. The fraction of sp³-hybridized carbons (Fsp3) is 1.00. The van der Waals surface area contributed by atoms with Crippen molar-refractivity contribution in [3.8, 4) is 0 Å². The van der Waals surface area contributed by atoms with Crippen LogP contribution in [0.25, 0.3) is 0 Å². The van der Waals surface area contributed by atoms with E-state index in [0.717, 1.165) is 45.1 Å². The minimum absolute atomic E-state index is 0.0926. The molecule has 0 aromatic heterocycles. The van der Waals surface area contributed by atoms with Crippen LogP contribution in [-0.4, -0.2) is 50.3 Å². The van der Waals surface area contributed by atoms with Crippen LogP contribution in [0.2, 0.25) is 0 Å². The number of alkyl halides is 1. The predicted octanol–water partition coefficient (Wildman–Crippen LogP) is 4.14. The van der Waals surface area contributed by atoms with E-state index in [-0.39, 0.29) is 18.3 Å². The van der Waals surface area contributed by atoms with Gasteiger partial charge in [-0.3, -0.25) is 0 Å². The molecule has 0 bridgehead atoms. The summed E-state index contributed by atoms with van der Waals surface area (Å²) in [7, 11) is 0. The highest BCUT2D eigenvalue weighted by atomic mass is 35.5. The Balaban J connectivity index is 2.59. The summed E-state index contributed by atoms with van der Waals surface area (Å²) in [6.07, 6.45) is 5.92. The fourth-order valence-corrected chi connectivity index (χ4v) is 2.65. The molecule has 0 aromatic carbocycles. The van der Waals surface area contributed by atoms with Crippen molar-refractivity contribution in [1.82, 2.24) is 0 Å². The van der Waals surface area contributed by atoms with Crippen LogP contribution in [-0.2, 0) is 18.9 Å². The highest BCUT2D eigenvalue weighted by Gasteiger charge is 2.41. The van der Waals surface area contributed by atoms with Crippen molar-refractivity contribution in [1.29, 1.82) is 0 Å². The molecule has 0 N–H and O–H groups in total. The maximum absolute atomic E-state index is 6.31. The molecule has 1 fully saturated rings. The summed E-state index contributed by atoms with van der Waals surface area (Å²) in [6, 6.07) is 0. The first-order chi connectivity index (χ1) is 10.7. The standard InChI is InChI=1S/C17H33ClO4/c1-4-7-10-19-14-13-22-17(18)16(21-12-9-6-3)15(14)20-11-8-5-2/h14-17H,4-13H2,1-3H3/t14?,15-,16?,17+/m0/s1. The van der Waals surface area contributed by atoms with Crippen LogP contribution in [0.3, 0.4) is 0 Å². The number of halogens is 1. The van der Waals surface area contributed by atoms with Gasteiger partial charge in [0.15, 0.2) is 5.56 Å². The van der Waals surface area contributed by atoms with E-state index >= 15 is 0 Å². The van der Waals surface area contributed by atoms with Crippen LogP contribution < -0.4 is 0 Å². The van der Waals surface area contributed by atoms with Crippen molar-refractivity contribution in [2.45, 2.75) is 83.2 Å². The van der Waals surface area contributed by atoms with Crippen LogP contribution in [0.5, 0.6) is 0 Å². The molecule has 1 rings (SSSR count). The third-order valence-corrected chi connectivity index (χ3v) is 4.19. The van der Waals surface area contributed by atoms with Crippen LogP contribution >= 0.6 is 11.6 Å². The number of unbranched alkanes of at least 4 members (excludes halogenated alkanes) is 3. The van der Waals surface area contributed by atoms with Gasteiger partial charge in [-0.1, -0.05) is 51.6 Å². The summed E-state index contributed by atoms with van der Waals surface area (Å²) in [5.41, 5.74) is -0.463. The van der Waals surface area contributed by atoms with Gasteiger partial charge in [-0.05, 0) is 19.3 Å². The molecule has 4 atom stereocenters. The topological polar surface area (TPSA) is 36.9 Å². The van der Waals surface area contributed by atoms with E-state index in [1.54, 1.807) is 0 Å². The van der Waals surface area contributed by atoms with E-state index in [0.29, 0.717) is 19.8 Å². The van der Waals surface area contributed by atoms with Crippen molar-refractivity contribution in [2.24, 2.45) is 0 Å². The molecule has 0 aromatic rings. The molecule has 0 saturated carbocycles. The van der Waals surface area contributed by atoms with Gasteiger partial charge in [0.05, 0.1) is 6.61 Å². The Bertz CT molecular complexity index is 265. The monoisotopic (exact) mass is 336 g/mol. The van der Waals surface area contributed by atoms with Gasteiger partial charge in [-0.2, -0.15) is 0 Å². The second-order valence-electron chi connectivity index (χ2n) is 5.83. The fourth-order valence-electron chi connectivity index (χ4n) is 2.36. The maximum atomic E-state index is 6.31. The van der Waals surface area contributed by atoms with Crippen LogP contribution in [0.1, 0.15) is 59.3 Å². The Morgan fingerprint density at radius 1 is 0.818 bits per heavy atom. The first kappa shape index (κ1) is 20.2. The smallest absolute Gasteiger partial charge is 0.159 e. The summed E-state index contributed by atoms with van der Waals surface area (Å²) >= 11 is 6.31. The lowest BCUT2D eigenvalue weighted by Crippen LogP contribution is -2.54. The lowest BCUT2D eigenvalue weighted by molar-refractivity contribution is -0.213. The quantitative estimate of drug-likeness (QED) is 0.396. The molecule has 0 radical (unpaired) electrons. The second kappa shape index (κ2) is 12.5. The Hall–Kier alpha value is 0.130. The summed E-state index contributed by atoms with van der Waals surface area (Å²) in [5.74, 6) is 0. The summed E-state index contributed by atoms with van der Waals surface area (Å²) in [4.78, 5) is 0. The molecular weight excluding hydrogens is 304 g/mol. The minimum atomic E-state index is -0.463. The molecule has 2 unspecified atom stereocenters. The van der Waals surface area contributed by atoms with Crippen molar-refractivity contribution < 1.29 is 18.9 Å². The van der Waals surface area contributed by atoms with Crippen LogP contribution in [0.15, 0.2) is 0 Å². The molecule has 5 heteroatoms. The zero-order valence-electron chi connectivity index (χ0n) is 14.4. The Kier molecular flexibility index (Phi) is 11.5. The van der Waals surface area contributed by atoms with E-state index in [1.807, 2.05) is 0 Å². The van der Waals surface area contributed by atoms with Gasteiger partial charge >= 0.3 is 0 Å². The Morgan fingerprint density at radius 3 is 1.86 bits per heavy atom. The molecule has 1 aliphatic heterocycles. The first-order valence-electron chi connectivity index (χ1n) is 8.85. The first-order valence-corrected chi connectivity index (χ1v) is 9.28. The highest BCUT2D eigenvalue weighted by molar-refractivity contribution is 6.20. The van der Waals surface area contributed by atoms with Crippen molar-refractivity contribution in [3.05, 3.63) is 0 Å². The lowest BCUT2D eigenvalue weighted by atomic mass is 10.1. The molecule has 4 nitrogen and oxygen atoms in total. The number of ether oxygens (including phenoxy) is 4. The van der Waals surface area contributed by atoms with Crippen molar-refractivity contribution >= 4 is 11.6 Å². The maximum Gasteiger partial charge on any atom is 0.159 e. The van der Waals surface area contributed by atoms with Crippen LogP contribution in [0.4, 0.5) is 0 Å². The third-order valence-electron chi connectivity index (χ3n) is 3.81. The van der Waals surface area contributed by atoms with E-state index < -0.39 is 5.56 Å². The van der Waals surface area contributed by atoms with Gasteiger partial charge < -0.3 is 18.9 Å². The highest BCUT2D eigenvalue weighted by Crippen LogP contribution is 2.26. The SMILES string of the molecule is CCCCOC1CO[C@@H](Cl)C(OCCCC)[C@H]1OCCCC. The van der Waals surface area contributed by atoms with Gasteiger partial charge in [-0.15, -0.1) is 0 Å². The Labute approximate surface area is 140 Å². The zero-order valence-corrected chi connectivity index (χ0v) is 15.1. The van der Waals surface area contributed by atoms with Gasteiger partial charge in [0, 0.05) is 19.8 Å². The lowest BCUT2D eigenvalue weighted by Gasteiger charge is -2.40. The average molecular weight is 337 g/mol. The van der Waals surface area contributed by atoms with E-state index in [2.05, 4.69) is 20.8 Å². The molecule has 0 amide bonds. The van der Waals surface area contributed by atoms with Crippen molar-refractivity contribution in [3.63, 3.8) is 0 Å². The van der Waals surface area contributed by atoms with Crippen LogP contribution in [0, 0.1) is 0 Å². The number of hydrogen-bond donors (Lipinski definition) is 0. The van der Waals surface area contributed by atoms with E-state index in [1.165, 1.54) is 0 Å². The average Bonchev–Trinajstić information content (AvgIpc) is 2.52. The van der Waals surface area contributed by atoms with Gasteiger partial charge in [0.25, 0.3) is 0 Å². The summed E-state index contributed by atoms with van der Waals surface area (Å²) < 4.78 is 23.6. The summed E-state index contributed by atoms with van der Waals surface area (Å²) in [6.45, 7) is 9.05. The minimum Gasteiger partial charge on any atom is -0.373 e. The third kappa shape index (κ3) is 7.14. The normalized spacial score (nSPS) is 28.9. The van der Waals surface area contributed by atoms with Gasteiger partial charge in [0.2, 0.25) is 0 Å². The number of rotatable bonds is 12. The predicted molar refractivity (Wildman–Crippen MR) is 89.5 cm³/mol. The zero-order chi connectivity index (χ0) is 16.2. The number of hydrogen-bond acceptors (Lipinski definition) is 4. The molecular formula is C17H33ClO4. The van der Waals surface area contributed by atoms with E-state index in [4.69, 9.17) is 30.5 Å². The summed E-state index contributed by atoms with van der Waals surface area (Å²) in [5, 5.41) is 0. The second-order valence-corrected chi connectivity index (χ2v) is 6.26. The molecule has 1 heterocycles. The molecule has 1 saturated heterocycles. The molecule has 132 valence electrons. The van der Waals surface area contributed by atoms with Gasteiger partial charge in [0.1, 0.15) is 18.3 Å². The molecule has 22 heavy (non-hydrogen) atoms. The van der Waals surface area contributed by atoms with Crippen molar-refractivity contribution in [2.75, 3.05) is 26.4 Å². The van der Waals surface area contributed by atoms with Gasteiger partial charge in [-0.25, -0.2) is 0 Å². The molecule has 0 aliphatic carbocycles. The largest absolute Gasteiger partial charge is 0.373 e.